The molecular weight excluding hydrogens is 248 g/mol. The minimum atomic E-state index is -0.0882. The maximum Gasteiger partial charge on any atom is 0.260 e. The molecule has 1 aromatic heterocycles. The molecule has 0 aromatic carbocycles. The molecule has 0 N–H and O–H groups in total. The van der Waals surface area contributed by atoms with Crippen molar-refractivity contribution < 1.29 is 9.53 Å². The molecular formula is C9H11BrN2O2. The van der Waals surface area contributed by atoms with Crippen molar-refractivity contribution in [3.05, 3.63) is 22.8 Å². The molecule has 0 saturated carbocycles. The van der Waals surface area contributed by atoms with Gasteiger partial charge in [0.25, 0.3) is 5.91 Å². The second kappa shape index (κ2) is 4.95. The zero-order chi connectivity index (χ0) is 10.6. The summed E-state index contributed by atoms with van der Waals surface area (Å²) in [7, 11) is 3.36. The number of rotatable bonds is 3. The van der Waals surface area contributed by atoms with Crippen LogP contribution in [0.1, 0.15) is 0 Å². The van der Waals surface area contributed by atoms with Crippen LogP contribution in [0.25, 0.3) is 0 Å². The summed E-state index contributed by atoms with van der Waals surface area (Å²) in [5.74, 6) is 0.359. The Kier molecular flexibility index (Phi) is 3.88. The van der Waals surface area contributed by atoms with Crippen LogP contribution in [0.3, 0.4) is 0 Å². The van der Waals surface area contributed by atoms with Crippen molar-refractivity contribution in [1.82, 2.24) is 9.88 Å². The summed E-state index contributed by atoms with van der Waals surface area (Å²) in [6.45, 7) is 0.0155. The van der Waals surface area contributed by atoms with Crippen molar-refractivity contribution in [2.75, 3.05) is 20.7 Å². The van der Waals surface area contributed by atoms with Crippen molar-refractivity contribution >= 4 is 21.8 Å². The lowest BCUT2D eigenvalue weighted by atomic mass is 10.5. The highest BCUT2D eigenvalue weighted by Crippen LogP contribution is 2.11. The molecule has 1 rings (SSSR count). The lowest BCUT2D eigenvalue weighted by Gasteiger charge is -2.10. The van der Waals surface area contributed by atoms with Crippen LogP contribution in [0.15, 0.2) is 22.8 Å². The van der Waals surface area contributed by atoms with E-state index in [1.54, 1.807) is 26.4 Å². The molecule has 0 aliphatic rings. The fourth-order valence-corrected chi connectivity index (χ4v) is 0.947. The second-order valence-corrected chi connectivity index (χ2v) is 3.81. The predicted molar refractivity (Wildman–Crippen MR) is 56.1 cm³/mol. The third-order valence-electron chi connectivity index (χ3n) is 1.54. The van der Waals surface area contributed by atoms with Crippen LogP contribution < -0.4 is 4.74 Å². The van der Waals surface area contributed by atoms with Gasteiger partial charge in [-0.1, -0.05) is 0 Å². The molecule has 1 amide bonds. The van der Waals surface area contributed by atoms with E-state index in [1.807, 2.05) is 6.07 Å². The molecule has 1 heterocycles. The Hall–Kier alpha value is -1.10. The van der Waals surface area contributed by atoms with Gasteiger partial charge in [-0.15, -0.1) is 0 Å². The van der Waals surface area contributed by atoms with E-state index in [-0.39, 0.29) is 12.5 Å². The number of amides is 1. The monoisotopic (exact) mass is 258 g/mol. The first-order valence-corrected chi connectivity index (χ1v) is 4.83. The van der Waals surface area contributed by atoms with Gasteiger partial charge in [0.2, 0.25) is 5.88 Å². The number of aromatic nitrogens is 1. The second-order valence-electron chi connectivity index (χ2n) is 2.89. The average Bonchev–Trinajstić information content (AvgIpc) is 2.16. The number of ether oxygens (including phenoxy) is 1. The molecule has 0 fully saturated rings. The molecule has 4 nitrogen and oxygen atoms in total. The number of carbonyl (C=O) groups is 1. The molecule has 0 atom stereocenters. The van der Waals surface area contributed by atoms with E-state index in [0.717, 1.165) is 4.47 Å². The third-order valence-corrected chi connectivity index (χ3v) is 2.01. The van der Waals surface area contributed by atoms with Crippen molar-refractivity contribution in [2.24, 2.45) is 0 Å². The van der Waals surface area contributed by atoms with Crippen LogP contribution in [0, 0.1) is 0 Å². The van der Waals surface area contributed by atoms with E-state index in [4.69, 9.17) is 4.74 Å². The zero-order valence-corrected chi connectivity index (χ0v) is 9.61. The van der Waals surface area contributed by atoms with Crippen molar-refractivity contribution in [3.8, 4) is 5.88 Å². The summed E-state index contributed by atoms with van der Waals surface area (Å²) in [6, 6.07) is 3.51. The van der Waals surface area contributed by atoms with Crippen LogP contribution in [0.2, 0.25) is 0 Å². The van der Waals surface area contributed by atoms with Gasteiger partial charge < -0.3 is 9.64 Å². The van der Waals surface area contributed by atoms with Crippen LogP contribution in [0.4, 0.5) is 0 Å². The smallest absolute Gasteiger partial charge is 0.260 e. The molecule has 0 spiro atoms. The third kappa shape index (κ3) is 3.33. The topological polar surface area (TPSA) is 42.4 Å². The van der Waals surface area contributed by atoms with Gasteiger partial charge in [0, 0.05) is 30.8 Å². The number of likely N-dealkylation sites (N-methyl/N-ethyl adjacent to an activating group) is 1. The summed E-state index contributed by atoms with van der Waals surface area (Å²) < 4.78 is 6.04. The van der Waals surface area contributed by atoms with E-state index < -0.39 is 0 Å². The molecule has 1 aromatic rings. The van der Waals surface area contributed by atoms with E-state index in [1.165, 1.54) is 4.90 Å². The highest BCUT2D eigenvalue weighted by Gasteiger charge is 2.04. The Bertz CT molecular complexity index is 311. The molecule has 0 bridgehead atoms. The quantitative estimate of drug-likeness (QED) is 0.821. The minimum absolute atomic E-state index is 0.0155. The number of hydrogen-bond acceptors (Lipinski definition) is 3. The Labute approximate surface area is 91.0 Å². The van der Waals surface area contributed by atoms with E-state index in [9.17, 15) is 4.79 Å². The Morgan fingerprint density at radius 2 is 2.29 bits per heavy atom. The molecule has 0 aliphatic heterocycles. The Morgan fingerprint density at radius 3 is 2.79 bits per heavy atom. The molecule has 0 aliphatic carbocycles. The van der Waals surface area contributed by atoms with Gasteiger partial charge in [-0.05, 0) is 22.0 Å². The SMILES string of the molecule is CN(C)C(=O)COc1ccc(Br)cn1. The number of nitrogens with zero attached hydrogens (tertiary/aromatic N) is 2. The minimum Gasteiger partial charge on any atom is -0.468 e. The lowest BCUT2D eigenvalue weighted by Crippen LogP contribution is -2.27. The Balaban J connectivity index is 2.46. The van der Waals surface area contributed by atoms with Gasteiger partial charge in [-0.3, -0.25) is 4.79 Å². The van der Waals surface area contributed by atoms with E-state index in [0.29, 0.717) is 5.88 Å². The van der Waals surface area contributed by atoms with Crippen LogP contribution >= 0.6 is 15.9 Å². The number of halogens is 1. The van der Waals surface area contributed by atoms with Gasteiger partial charge in [-0.25, -0.2) is 4.98 Å². The summed E-state index contributed by atoms with van der Waals surface area (Å²) >= 11 is 3.26. The molecule has 76 valence electrons. The highest BCUT2D eigenvalue weighted by molar-refractivity contribution is 9.10. The number of carbonyl (C=O) groups excluding carboxylic acids is 1. The van der Waals surface area contributed by atoms with Gasteiger partial charge in [0.05, 0.1) is 0 Å². The lowest BCUT2D eigenvalue weighted by molar-refractivity contribution is -0.130. The van der Waals surface area contributed by atoms with Crippen LogP contribution in [0.5, 0.6) is 5.88 Å². The number of pyridine rings is 1. The molecule has 0 radical (unpaired) electrons. The van der Waals surface area contributed by atoms with Gasteiger partial charge >= 0.3 is 0 Å². The average molecular weight is 259 g/mol. The van der Waals surface area contributed by atoms with Gasteiger partial charge in [0.15, 0.2) is 6.61 Å². The van der Waals surface area contributed by atoms with Crippen molar-refractivity contribution in [2.45, 2.75) is 0 Å². The van der Waals surface area contributed by atoms with Crippen molar-refractivity contribution in [3.63, 3.8) is 0 Å². The van der Waals surface area contributed by atoms with Crippen LogP contribution in [-0.4, -0.2) is 36.5 Å². The van der Waals surface area contributed by atoms with Crippen molar-refractivity contribution in [1.29, 1.82) is 0 Å². The maximum absolute atomic E-state index is 11.1. The fraction of sp³-hybridized carbons (Fsp3) is 0.333. The predicted octanol–water partition coefficient (Wildman–Crippen LogP) is 1.31. The molecule has 5 heteroatoms. The molecule has 0 saturated heterocycles. The number of hydrogen-bond donors (Lipinski definition) is 0. The molecule has 14 heavy (non-hydrogen) atoms. The fourth-order valence-electron chi connectivity index (χ4n) is 0.712. The largest absolute Gasteiger partial charge is 0.468 e. The zero-order valence-electron chi connectivity index (χ0n) is 8.03. The normalized spacial score (nSPS) is 9.64. The van der Waals surface area contributed by atoms with E-state index in [2.05, 4.69) is 20.9 Å². The first-order valence-electron chi connectivity index (χ1n) is 4.04. The Morgan fingerprint density at radius 1 is 1.57 bits per heavy atom. The van der Waals surface area contributed by atoms with Gasteiger partial charge in [-0.2, -0.15) is 0 Å². The summed E-state index contributed by atoms with van der Waals surface area (Å²) in [6.07, 6.45) is 1.62. The maximum atomic E-state index is 11.1. The summed E-state index contributed by atoms with van der Waals surface area (Å²) in [4.78, 5) is 16.6. The summed E-state index contributed by atoms with van der Waals surface area (Å²) in [5, 5.41) is 0. The molecule has 0 unspecified atom stereocenters. The van der Waals surface area contributed by atoms with Gasteiger partial charge in [0.1, 0.15) is 0 Å². The first-order chi connectivity index (χ1) is 6.59. The first kappa shape index (κ1) is 11.0. The highest BCUT2D eigenvalue weighted by atomic mass is 79.9. The van der Waals surface area contributed by atoms with E-state index >= 15 is 0 Å². The summed E-state index contributed by atoms with van der Waals surface area (Å²) in [5.41, 5.74) is 0. The standard InChI is InChI=1S/C9H11BrN2O2/c1-12(2)9(13)6-14-8-4-3-7(10)5-11-8/h3-5H,6H2,1-2H3. The van der Waals surface area contributed by atoms with Crippen LogP contribution in [-0.2, 0) is 4.79 Å².